The van der Waals surface area contributed by atoms with E-state index in [0.29, 0.717) is 34.7 Å². The number of nitrogens with one attached hydrogen (secondary N) is 1. The first-order valence-electron chi connectivity index (χ1n) is 8.81. The molecule has 10 heteroatoms. The van der Waals surface area contributed by atoms with E-state index >= 15 is 0 Å². The van der Waals surface area contributed by atoms with Gasteiger partial charge in [-0.3, -0.25) is 9.69 Å². The Morgan fingerprint density at radius 1 is 1.36 bits per heavy atom. The zero-order valence-electron chi connectivity index (χ0n) is 15.9. The summed E-state index contributed by atoms with van der Waals surface area (Å²) in [5.41, 5.74) is 3.18. The summed E-state index contributed by atoms with van der Waals surface area (Å²) < 4.78 is 21.5. The van der Waals surface area contributed by atoms with E-state index in [1.54, 1.807) is 19.1 Å². The second-order valence-corrected chi connectivity index (χ2v) is 6.66. The summed E-state index contributed by atoms with van der Waals surface area (Å²) in [5, 5.41) is 3.98. The molecular weight excluding hydrogens is 434 g/mol. The molecule has 1 aromatic rings. The quantitative estimate of drug-likeness (QED) is 0.337. The molecule has 1 aliphatic heterocycles. The Kier molecular flexibility index (Phi) is 9.18. The van der Waals surface area contributed by atoms with Crippen LogP contribution in [0.4, 0.5) is 0 Å². The molecule has 0 radical (unpaired) electrons. The Labute approximate surface area is 172 Å². The van der Waals surface area contributed by atoms with Gasteiger partial charge >= 0.3 is 5.97 Å². The largest absolute Gasteiger partial charge is 0.493 e. The monoisotopic (exact) mass is 457 g/mol. The number of hydrogen-bond donors (Lipinski definition) is 1. The Bertz CT molecular complexity index is 707. The first-order valence-corrected chi connectivity index (χ1v) is 9.60. The van der Waals surface area contributed by atoms with Crippen LogP contribution in [0.2, 0.25) is 0 Å². The van der Waals surface area contributed by atoms with Crippen LogP contribution in [0.3, 0.4) is 0 Å². The summed E-state index contributed by atoms with van der Waals surface area (Å²) in [4.78, 5) is 25.4. The zero-order chi connectivity index (χ0) is 20.4. The van der Waals surface area contributed by atoms with Gasteiger partial charge in [0, 0.05) is 13.1 Å². The highest BCUT2D eigenvalue weighted by Crippen LogP contribution is 2.36. The lowest BCUT2D eigenvalue weighted by Gasteiger charge is -2.25. The number of nitrogens with zero attached hydrogens (tertiary/aromatic N) is 2. The number of carbonyl (C=O) groups is 2. The predicted molar refractivity (Wildman–Crippen MR) is 106 cm³/mol. The molecular formula is C18H24BrN3O6. The van der Waals surface area contributed by atoms with E-state index in [-0.39, 0.29) is 25.7 Å². The highest BCUT2D eigenvalue weighted by atomic mass is 79.9. The number of carbonyl (C=O) groups excluding carboxylic acids is 2. The molecule has 2 rings (SSSR count). The summed E-state index contributed by atoms with van der Waals surface area (Å²) in [5.74, 6) is 0.132. The molecule has 1 heterocycles. The van der Waals surface area contributed by atoms with Crippen LogP contribution >= 0.6 is 15.9 Å². The van der Waals surface area contributed by atoms with Crippen molar-refractivity contribution in [2.45, 2.75) is 6.92 Å². The minimum absolute atomic E-state index is 0.196. The fourth-order valence-electron chi connectivity index (χ4n) is 2.46. The molecule has 154 valence electrons. The van der Waals surface area contributed by atoms with Crippen molar-refractivity contribution in [1.82, 2.24) is 10.3 Å². The molecule has 0 aliphatic carbocycles. The number of amides is 1. The molecule has 1 aliphatic rings. The van der Waals surface area contributed by atoms with Crippen LogP contribution < -0.4 is 14.9 Å². The van der Waals surface area contributed by atoms with Gasteiger partial charge in [0.2, 0.25) is 0 Å². The minimum Gasteiger partial charge on any atom is -0.493 e. The lowest BCUT2D eigenvalue weighted by atomic mass is 10.2. The van der Waals surface area contributed by atoms with Crippen molar-refractivity contribution in [2.75, 3.05) is 53.2 Å². The highest BCUT2D eigenvalue weighted by molar-refractivity contribution is 9.10. The first-order chi connectivity index (χ1) is 13.5. The normalized spacial score (nSPS) is 14.7. The molecule has 1 N–H and O–H groups in total. The molecule has 1 amide bonds. The molecule has 9 nitrogen and oxygen atoms in total. The average molecular weight is 458 g/mol. The van der Waals surface area contributed by atoms with Crippen LogP contribution in [0.25, 0.3) is 0 Å². The minimum atomic E-state index is -0.468. The van der Waals surface area contributed by atoms with Gasteiger partial charge in [-0.15, -0.1) is 0 Å². The average Bonchev–Trinajstić information content (AvgIpc) is 2.67. The van der Waals surface area contributed by atoms with Gasteiger partial charge in [-0.05, 0) is 40.5 Å². The lowest BCUT2D eigenvalue weighted by Crippen LogP contribution is -2.42. The Morgan fingerprint density at radius 3 is 2.79 bits per heavy atom. The van der Waals surface area contributed by atoms with E-state index in [0.717, 1.165) is 13.1 Å². The number of esters is 1. The Balaban J connectivity index is 1.93. The number of halogens is 1. The van der Waals surface area contributed by atoms with E-state index < -0.39 is 5.97 Å². The van der Waals surface area contributed by atoms with E-state index in [9.17, 15) is 9.59 Å². The molecule has 0 aromatic heterocycles. The fourth-order valence-corrected chi connectivity index (χ4v) is 3.04. The van der Waals surface area contributed by atoms with Crippen molar-refractivity contribution in [3.8, 4) is 11.5 Å². The third-order valence-electron chi connectivity index (χ3n) is 3.77. The van der Waals surface area contributed by atoms with Gasteiger partial charge in [-0.1, -0.05) is 0 Å². The maximum atomic E-state index is 11.9. The number of methoxy groups -OCH3 is 1. The topological polar surface area (TPSA) is 98.7 Å². The third-order valence-corrected chi connectivity index (χ3v) is 4.35. The fraction of sp³-hybridized carbons (Fsp3) is 0.500. The van der Waals surface area contributed by atoms with Crippen molar-refractivity contribution in [2.24, 2.45) is 5.10 Å². The van der Waals surface area contributed by atoms with E-state index in [1.807, 2.05) is 4.90 Å². The van der Waals surface area contributed by atoms with Crippen molar-refractivity contribution < 1.29 is 28.5 Å². The highest BCUT2D eigenvalue weighted by Gasteiger charge is 2.15. The summed E-state index contributed by atoms with van der Waals surface area (Å²) in [6.07, 6.45) is 1.50. The van der Waals surface area contributed by atoms with Crippen molar-refractivity contribution in [3.63, 3.8) is 0 Å². The molecule has 0 bridgehead atoms. The number of ether oxygens (including phenoxy) is 4. The van der Waals surface area contributed by atoms with Gasteiger partial charge in [-0.25, -0.2) is 10.2 Å². The number of rotatable bonds is 9. The van der Waals surface area contributed by atoms with Crippen LogP contribution in [0.1, 0.15) is 12.5 Å². The molecule has 1 aromatic carbocycles. The van der Waals surface area contributed by atoms with Crippen LogP contribution in [-0.4, -0.2) is 76.2 Å². The lowest BCUT2D eigenvalue weighted by molar-refractivity contribution is -0.145. The standard InChI is InChI=1S/C18H24BrN3O6/c1-3-27-17(24)12-28-18-14(19)8-13(9-15(18)25-2)10-20-21-16(23)11-22-4-6-26-7-5-22/h8-10H,3-7,11-12H2,1-2H3,(H,21,23)/b20-10+. The van der Waals surface area contributed by atoms with E-state index in [2.05, 4.69) is 26.5 Å². The number of hydrazone groups is 1. The van der Waals surface area contributed by atoms with Crippen molar-refractivity contribution in [3.05, 3.63) is 22.2 Å². The number of hydrogen-bond acceptors (Lipinski definition) is 8. The van der Waals surface area contributed by atoms with Gasteiger partial charge in [0.05, 0.1) is 44.2 Å². The van der Waals surface area contributed by atoms with E-state index in [4.69, 9.17) is 18.9 Å². The molecule has 0 unspecified atom stereocenters. The molecule has 1 saturated heterocycles. The summed E-state index contributed by atoms with van der Waals surface area (Å²) in [6, 6.07) is 3.42. The summed E-state index contributed by atoms with van der Waals surface area (Å²) in [6.45, 7) is 4.78. The van der Waals surface area contributed by atoms with Crippen LogP contribution in [-0.2, 0) is 19.1 Å². The SMILES string of the molecule is CCOC(=O)COc1c(Br)cc(/C=N/NC(=O)CN2CCOCC2)cc1OC. The van der Waals surface area contributed by atoms with Crippen LogP contribution in [0, 0.1) is 0 Å². The summed E-state index contributed by atoms with van der Waals surface area (Å²) in [7, 11) is 1.49. The second kappa shape index (κ2) is 11.6. The zero-order valence-corrected chi connectivity index (χ0v) is 17.5. The van der Waals surface area contributed by atoms with E-state index in [1.165, 1.54) is 13.3 Å². The van der Waals surface area contributed by atoms with Crippen molar-refractivity contribution >= 4 is 34.0 Å². The Morgan fingerprint density at radius 2 is 2.11 bits per heavy atom. The third kappa shape index (κ3) is 7.10. The smallest absolute Gasteiger partial charge is 0.344 e. The Hall–Kier alpha value is -2.17. The first kappa shape index (κ1) is 22.1. The van der Waals surface area contributed by atoms with Gasteiger partial charge in [0.1, 0.15) is 0 Å². The van der Waals surface area contributed by atoms with Gasteiger partial charge < -0.3 is 18.9 Å². The molecule has 28 heavy (non-hydrogen) atoms. The molecule has 0 saturated carbocycles. The van der Waals surface area contributed by atoms with Gasteiger partial charge in [0.15, 0.2) is 18.1 Å². The molecule has 0 spiro atoms. The maximum absolute atomic E-state index is 11.9. The van der Waals surface area contributed by atoms with Gasteiger partial charge in [0.25, 0.3) is 5.91 Å². The van der Waals surface area contributed by atoms with Crippen LogP contribution in [0.5, 0.6) is 11.5 Å². The predicted octanol–water partition coefficient (Wildman–Crippen LogP) is 1.18. The van der Waals surface area contributed by atoms with Crippen LogP contribution in [0.15, 0.2) is 21.7 Å². The van der Waals surface area contributed by atoms with Crippen molar-refractivity contribution in [1.29, 1.82) is 0 Å². The van der Waals surface area contributed by atoms with Gasteiger partial charge in [-0.2, -0.15) is 5.10 Å². The maximum Gasteiger partial charge on any atom is 0.344 e. The molecule has 0 atom stereocenters. The summed E-state index contributed by atoms with van der Waals surface area (Å²) >= 11 is 3.39. The number of benzene rings is 1. The molecule has 1 fully saturated rings. The second-order valence-electron chi connectivity index (χ2n) is 5.81. The number of morpholine rings is 1.